The average molecular weight is 473 g/mol. The Bertz CT molecular complexity index is 1550. The van der Waals surface area contributed by atoms with E-state index in [4.69, 9.17) is 11.6 Å². The largest absolute Gasteiger partial charge is 0.360 e. The molecule has 0 aliphatic carbocycles. The SMILES string of the molecule is CC(C)n1cc(C(=O)c2cncc(NC(=O)Cc3c[nH]c4c(Cl)cccc34)c2)c2cncnc21. The van der Waals surface area contributed by atoms with Crippen molar-refractivity contribution in [1.29, 1.82) is 0 Å². The van der Waals surface area contributed by atoms with Gasteiger partial charge in [0.05, 0.1) is 34.4 Å². The predicted octanol–water partition coefficient (Wildman–Crippen LogP) is 4.95. The van der Waals surface area contributed by atoms with E-state index in [0.29, 0.717) is 32.9 Å². The van der Waals surface area contributed by atoms with Crippen LogP contribution >= 0.6 is 11.6 Å². The van der Waals surface area contributed by atoms with Crippen LogP contribution < -0.4 is 5.32 Å². The van der Waals surface area contributed by atoms with Crippen molar-refractivity contribution in [3.05, 3.63) is 83.3 Å². The van der Waals surface area contributed by atoms with E-state index >= 15 is 0 Å². The number of nitrogens with zero attached hydrogens (tertiary/aromatic N) is 4. The zero-order valence-corrected chi connectivity index (χ0v) is 19.3. The molecule has 0 saturated heterocycles. The Morgan fingerprint density at radius 3 is 2.82 bits per heavy atom. The number of halogens is 1. The number of anilines is 1. The van der Waals surface area contributed by atoms with Crippen LogP contribution in [0.5, 0.6) is 0 Å². The number of carbonyl (C=O) groups is 2. The Morgan fingerprint density at radius 1 is 1.15 bits per heavy atom. The summed E-state index contributed by atoms with van der Waals surface area (Å²) in [7, 11) is 0. The Balaban J connectivity index is 1.39. The fourth-order valence-electron chi connectivity index (χ4n) is 4.05. The molecule has 4 aromatic heterocycles. The molecule has 5 rings (SSSR count). The lowest BCUT2D eigenvalue weighted by Crippen LogP contribution is -2.15. The van der Waals surface area contributed by atoms with Crippen LogP contribution in [0, 0.1) is 0 Å². The number of fused-ring (bicyclic) bond motifs is 2. The summed E-state index contributed by atoms with van der Waals surface area (Å²) in [5.74, 6) is -0.439. The topological polar surface area (TPSA) is 106 Å². The smallest absolute Gasteiger partial charge is 0.228 e. The number of amides is 1. The average Bonchev–Trinajstić information content (AvgIpc) is 3.41. The Hall–Kier alpha value is -4.04. The molecular formula is C25H21ClN6O2. The van der Waals surface area contributed by atoms with Crippen LogP contribution in [0.4, 0.5) is 5.69 Å². The number of benzene rings is 1. The third-order valence-corrected chi connectivity index (χ3v) is 6.00. The molecule has 2 N–H and O–H groups in total. The highest BCUT2D eigenvalue weighted by Gasteiger charge is 2.20. The summed E-state index contributed by atoms with van der Waals surface area (Å²) in [6.07, 6.45) is 9.83. The second kappa shape index (κ2) is 8.72. The lowest BCUT2D eigenvalue weighted by molar-refractivity contribution is -0.115. The molecule has 1 aromatic carbocycles. The molecule has 0 bridgehead atoms. The van der Waals surface area contributed by atoms with E-state index in [1.165, 1.54) is 18.7 Å². The number of hydrogen-bond donors (Lipinski definition) is 2. The van der Waals surface area contributed by atoms with Crippen molar-refractivity contribution < 1.29 is 9.59 Å². The number of aromatic amines is 1. The third-order valence-electron chi connectivity index (χ3n) is 5.68. The second-order valence-electron chi connectivity index (χ2n) is 8.30. The summed E-state index contributed by atoms with van der Waals surface area (Å²) in [5, 5.41) is 5.01. The van der Waals surface area contributed by atoms with Crippen molar-refractivity contribution in [1.82, 2.24) is 24.5 Å². The highest BCUT2D eigenvalue weighted by molar-refractivity contribution is 6.35. The van der Waals surface area contributed by atoms with Gasteiger partial charge in [-0.25, -0.2) is 9.97 Å². The van der Waals surface area contributed by atoms with Crippen LogP contribution in [0.15, 0.2) is 61.6 Å². The normalized spacial score (nSPS) is 11.4. The molecule has 4 heterocycles. The van der Waals surface area contributed by atoms with Crippen molar-refractivity contribution in [2.45, 2.75) is 26.3 Å². The molecule has 0 aliphatic heterocycles. The zero-order chi connectivity index (χ0) is 23.8. The Labute approximate surface area is 200 Å². The van der Waals surface area contributed by atoms with Gasteiger partial charge in [-0.2, -0.15) is 0 Å². The van der Waals surface area contributed by atoms with E-state index in [1.54, 1.807) is 30.7 Å². The van der Waals surface area contributed by atoms with Crippen molar-refractivity contribution in [2.24, 2.45) is 0 Å². The summed E-state index contributed by atoms with van der Waals surface area (Å²) in [6.45, 7) is 4.05. The molecule has 0 aliphatic rings. The summed E-state index contributed by atoms with van der Waals surface area (Å²) < 4.78 is 1.94. The summed E-state index contributed by atoms with van der Waals surface area (Å²) in [6, 6.07) is 7.31. The third kappa shape index (κ3) is 3.92. The lowest BCUT2D eigenvalue weighted by Gasteiger charge is -2.07. The second-order valence-corrected chi connectivity index (χ2v) is 8.70. The molecule has 0 unspecified atom stereocenters. The van der Waals surface area contributed by atoms with Crippen LogP contribution in [0.3, 0.4) is 0 Å². The van der Waals surface area contributed by atoms with Gasteiger partial charge < -0.3 is 14.9 Å². The van der Waals surface area contributed by atoms with E-state index in [1.807, 2.05) is 30.5 Å². The maximum absolute atomic E-state index is 13.3. The molecule has 9 heteroatoms. The predicted molar refractivity (Wildman–Crippen MR) is 131 cm³/mol. The number of nitrogens with one attached hydrogen (secondary N) is 2. The van der Waals surface area contributed by atoms with Gasteiger partial charge in [-0.1, -0.05) is 23.7 Å². The first-order valence-electron chi connectivity index (χ1n) is 10.8. The minimum absolute atomic E-state index is 0.127. The fourth-order valence-corrected chi connectivity index (χ4v) is 4.28. The fraction of sp³-hybridized carbons (Fsp3) is 0.160. The first kappa shape index (κ1) is 21.8. The summed E-state index contributed by atoms with van der Waals surface area (Å²) >= 11 is 6.21. The van der Waals surface area contributed by atoms with Gasteiger partial charge in [0.25, 0.3) is 0 Å². The molecule has 0 fully saturated rings. The molecule has 0 saturated carbocycles. The van der Waals surface area contributed by atoms with E-state index in [2.05, 4.69) is 25.3 Å². The number of para-hydroxylation sites is 1. The van der Waals surface area contributed by atoms with E-state index in [9.17, 15) is 9.59 Å². The quantitative estimate of drug-likeness (QED) is 0.340. The highest BCUT2D eigenvalue weighted by atomic mass is 35.5. The molecule has 0 radical (unpaired) electrons. The van der Waals surface area contributed by atoms with Gasteiger partial charge >= 0.3 is 0 Å². The summed E-state index contributed by atoms with van der Waals surface area (Å²) in [4.78, 5) is 41.7. The summed E-state index contributed by atoms with van der Waals surface area (Å²) in [5.41, 5.74) is 3.62. The highest BCUT2D eigenvalue weighted by Crippen LogP contribution is 2.27. The van der Waals surface area contributed by atoms with Gasteiger partial charge in [-0.3, -0.25) is 14.6 Å². The molecular weight excluding hydrogens is 452 g/mol. The maximum Gasteiger partial charge on any atom is 0.228 e. The first-order chi connectivity index (χ1) is 16.4. The first-order valence-corrected chi connectivity index (χ1v) is 11.1. The van der Waals surface area contributed by atoms with Crippen molar-refractivity contribution in [3.63, 3.8) is 0 Å². The molecule has 34 heavy (non-hydrogen) atoms. The number of pyridine rings is 1. The molecule has 8 nitrogen and oxygen atoms in total. The van der Waals surface area contributed by atoms with Gasteiger partial charge in [-0.15, -0.1) is 0 Å². The molecule has 0 atom stereocenters. The standard InChI is InChI=1S/C25H21ClN6O2/c1-14(2)32-12-20(19-11-28-13-30-25(19)32)24(34)16-6-17(10-27-8-16)31-22(33)7-15-9-29-23-18(15)4-3-5-21(23)26/h3-6,8-14,29H,7H2,1-2H3,(H,31,33). The van der Waals surface area contributed by atoms with E-state index < -0.39 is 0 Å². The van der Waals surface area contributed by atoms with Crippen molar-refractivity contribution >= 4 is 50.9 Å². The lowest BCUT2D eigenvalue weighted by atomic mass is 10.1. The molecule has 0 spiro atoms. The van der Waals surface area contributed by atoms with Gasteiger partial charge in [0.15, 0.2) is 5.78 Å². The van der Waals surface area contributed by atoms with E-state index in [-0.39, 0.29) is 24.2 Å². The van der Waals surface area contributed by atoms with Crippen molar-refractivity contribution in [3.8, 4) is 0 Å². The number of aromatic nitrogens is 5. The maximum atomic E-state index is 13.3. The van der Waals surface area contributed by atoms with E-state index in [0.717, 1.165) is 16.5 Å². The number of carbonyl (C=O) groups excluding carboxylic acids is 2. The molecule has 170 valence electrons. The van der Waals surface area contributed by atoms with Crippen molar-refractivity contribution in [2.75, 3.05) is 5.32 Å². The van der Waals surface area contributed by atoms with Gasteiger partial charge in [0.1, 0.15) is 12.0 Å². The van der Waals surface area contributed by atoms with Gasteiger partial charge in [-0.05, 0) is 31.5 Å². The zero-order valence-electron chi connectivity index (χ0n) is 18.5. The number of H-pyrrole nitrogens is 1. The molecule has 5 aromatic rings. The Kier molecular flexibility index (Phi) is 5.59. The number of hydrogen-bond acceptors (Lipinski definition) is 5. The van der Waals surface area contributed by atoms with Crippen LogP contribution in [-0.4, -0.2) is 36.2 Å². The van der Waals surface area contributed by atoms with Gasteiger partial charge in [0.2, 0.25) is 5.91 Å². The van der Waals surface area contributed by atoms with Gasteiger partial charge in [0, 0.05) is 47.2 Å². The van der Waals surface area contributed by atoms with Crippen LogP contribution in [-0.2, 0) is 11.2 Å². The van der Waals surface area contributed by atoms with Crippen LogP contribution in [0.1, 0.15) is 41.4 Å². The monoisotopic (exact) mass is 472 g/mol. The number of ketones is 1. The van der Waals surface area contributed by atoms with Crippen LogP contribution in [0.25, 0.3) is 21.9 Å². The Morgan fingerprint density at radius 2 is 2.00 bits per heavy atom. The van der Waals surface area contributed by atoms with Crippen LogP contribution in [0.2, 0.25) is 5.02 Å². The number of rotatable bonds is 6. The molecule has 1 amide bonds. The minimum atomic E-state index is -0.225. The minimum Gasteiger partial charge on any atom is -0.360 e.